The highest BCUT2D eigenvalue weighted by Crippen LogP contribution is 2.60. The van der Waals surface area contributed by atoms with Gasteiger partial charge in [0.1, 0.15) is 0 Å². The maximum absolute atomic E-state index is 2.24. The summed E-state index contributed by atoms with van der Waals surface area (Å²) in [5.74, 6) is 2.63. The molecular formula is C22H20S4. The minimum Gasteiger partial charge on any atom is -0.0863 e. The van der Waals surface area contributed by atoms with Crippen molar-refractivity contribution in [1.29, 1.82) is 0 Å². The fraction of sp³-hybridized carbons (Fsp3) is 0.182. The van der Waals surface area contributed by atoms with Crippen LogP contribution in [0.5, 0.6) is 0 Å². The summed E-state index contributed by atoms with van der Waals surface area (Å²) in [6.45, 7) is 8.92. The van der Waals surface area contributed by atoms with Crippen LogP contribution in [0.15, 0.2) is 39.2 Å². The Hall–Kier alpha value is 0.360. The molecule has 2 aliphatic carbocycles. The van der Waals surface area contributed by atoms with E-state index in [-0.39, 0.29) is 0 Å². The number of hydrogen-bond acceptors (Lipinski definition) is 4. The van der Waals surface area contributed by atoms with Gasteiger partial charge in [0.2, 0.25) is 0 Å². The summed E-state index contributed by atoms with van der Waals surface area (Å²) >= 11 is 7.69. The first-order valence-corrected chi connectivity index (χ1v) is 11.8. The zero-order chi connectivity index (χ0) is 18.3. The van der Waals surface area contributed by atoms with Crippen LogP contribution in [0.3, 0.4) is 0 Å². The van der Waals surface area contributed by atoms with Gasteiger partial charge in [0, 0.05) is 11.8 Å². The predicted molar refractivity (Wildman–Crippen MR) is 122 cm³/mol. The summed E-state index contributed by atoms with van der Waals surface area (Å²) in [5, 5.41) is 0. The Labute approximate surface area is 176 Å². The van der Waals surface area contributed by atoms with Crippen LogP contribution in [-0.4, -0.2) is 0 Å². The average molecular weight is 413 g/mol. The third-order valence-electron chi connectivity index (χ3n) is 4.54. The Morgan fingerprint density at radius 3 is 1.04 bits per heavy atom. The average Bonchev–Trinajstić information content (AvgIpc) is 3.37. The monoisotopic (exact) mass is 412 g/mol. The molecule has 2 heterocycles. The summed E-state index contributed by atoms with van der Waals surface area (Å²) < 4.78 is 2.80. The first kappa shape index (κ1) is 19.7. The van der Waals surface area contributed by atoms with Crippen LogP contribution in [0.2, 0.25) is 0 Å². The van der Waals surface area contributed by atoms with Gasteiger partial charge in [-0.2, -0.15) is 0 Å². The van der Waals surface area contributed by atoms with Crippen molar-refractivity contribution in [3.8, 4) is 0 Å². The molecule has 2 saturated carbocycles. The smallest absolute Gasteiger partial charge is 0.0534 e. The second-order valence-electron chi connectivity index (χ2n) is 6.31. The Bertz CT molecular complexity index is 616. The van der Waals surface area contributed by atoms with E-state index in [1.807, 2.05) is 47.0 Å². The molecule has 4 heteroatoms. The molecule has 26 heavy (non-hydrogen) atoms. The van der Waals surface area contributed by atoms with Gasteiger partial charge < -0.3 is 0 Å². The van der Waals surface area contributed by atoms with Gasteiger partial charge in [0.25, 0.3) is 0 Å². The summed E-state index contributed by atoms with van der Waals surface area (Å²) in [5.41, 5.74) is 2.76. The Morgan fingerprint density at radius 2 is 0.769 bits per heavy atom. The molecule has 2 fully saturated rings. The highest BCUT2D eigenvalue weighted by Gasteiger charge is 2.37. The highest BCUT2D eigenvalue weighted by atomic mass is 32.2. The highest BCUT2D eigenvalue weighted by molar-refractivity contribution is 8.29. The van der Waals surface area contributed by atoms with E-state index in [1.165, 1.54) is 51.1 Å². The fourth-order valence-electron chi connectivity index (χ4n) is 2.90. The van der Waals surface area contributed by atoms with Crippen molar-refractivity contribution in [2.45, 2.75) is 27.7 Å². The molecule has 4 aliphatic rings. The van der Waals surface area contributed by atoms with E-state index in [9.17, 15) is 0 Å². The van der Waals surface area contributed by atoms with E-state index in [4.69, 9.17) is 0 Å². The normalized spacial score (nSPS) is 25.4. The second-order valence-corrected chi connectivity index (χ2v) is 11.7. The van der Waals surface area contributed by atoms with Gasteiger partial charge in [-0.05, 0) is 110 Å². The van der Waals surface area contributed by atoms with E-state index in [0.717, 1.165) is 0 Å². The van der Waals surface area contributed by atoms with Crippen molar-refractivity contribution in [2.75, 3.05) is 0 Å². The maximum atomic E-state index is 2.24. The molecule has 0 unspecified atom stereocenters. The van der Waals surface area contributed by atoms with E-state index in [0.29, 0.717) is 0 Å². The van der Waals surface area contributed by atoms with E-state index in [2.05, 4.69) is 79.1 Å². The molecule has 10 radical (unpaired) electrons. The molecule has 0 saturated heterocycles. The minimum absolute atomic E-state index is 1.31. The third-order valence-corrected chi connectivity index (χ3v) is 9.80. The summed E-state index contributed by atoms with van der Waals surface area (Å²) in [7, 11) is 0. The molecule has 0 spiro atoms. The number of rotatable bonds is 3. The quantitative estimate of drug-likeness (QED) is 0.466. The predicted octanol–water partition coefficient (Wildman–Crippen LogP) is 7.68. The number of hydrogen-bond donors (Lipinski definition) is 0. The van der Waals surface area contributed by atoms with Crippen molar-refractivity contribution in [2.24, 2.45) is 0 Å². The van der Waals surface area contributed by atoms with Crippen molar-refractivity contribution >= 4 is 47.0 Å². The van der Waals surface area contributed by atoms with Gasteiger partial charge in [-0.15, -0.1) is 0 Å². The third kappa shape index (κ3) is 3.90. The van der Waals surface area contributed by atoms with Gasteiger partial charge in [-0.1, -0.05) is 47.0 Å². The number of thioether (sulfide) groups is 4. The van der Waals surface area contributed by atoms with Crippen molar-refractivity contribution in [1.82, 2.24) is 0 Å². The van der Waals surface area contributed by atoms with Gasteiger partial charge in [0.15, 0.2) is 0 Å². The van der Waals surface area contributed by atoms with Crippen LogP contribution in [0.4, 0.5) is 0 Å². The lowest BCUT2D eigenvalue weighted by Crippen LogP contribution is -2.10. The lowest BCUT2D eigenvalue weighted by molar-refractivity contribution is 1.18. The molecule has 132 valence electrons. The van der Waals surface area contributed by atoms with Crippen LogP contribution >= 0.6 is 47.0 Å². The maximum Gasteiger partial charge on any atom is 0.0534 e. The molecule has 0 atom stereocenters. The van der Waals surface area contributed by atoms with Gasteiger partial charge in [0.05, 0.1) is 8.47 Å². The lowest BCUT2D eigenvalue weighted by atomic mass is 9.85. The first-order valence-electron chi connectivity index (χ1n) is 8.54. The molecule has 0 nitrogen and oxygen atoms in total. The summed E-state index contributed by atoms with van der Waals surface area (Å²) in [4.78, 5) is 5.66. The van der Waals surface area contributed by atoms with Gasteiger partial charge in [-0.3, -0.25) is 0 Å². The molecule has 0 aromatic heterocycles. The van der Waals surface area contributed by atoms with Crippen molar-refractivity contribution < 1.29 is 0 Å². The standard InChI is InChI=1S/C22H20S4/c1-13-14(2)24-21(23-13)19(17-9-5-6-10-17)20(18-11-7-8-12-18)22-25-15(3)16(4)26-22/h5-12H,1-4H3. The molecule has 2 aliphatic heterocycles. The molecule has 0 bridgehead atoms. The van der Waals surface area contributed by atoms with Crippen LogP contribution in [-0.2, 0) is 0 Å². The summed E-state index contributed by atoms with van der Waals surface area (Å²) in [6, 6.07) is 0. The molecular weight excluding hydrogens is 393 g/mol. The van der Waals surface area contributed by atoms with E-state index >= 15 is 0 Å². The second kappa shape index (κ2) is 8.39. The lowest BCUT2D eigenvalue weighted by Gasteiger charge is -2.25. The topological polar surface area (TPSA) is 0 Å². The van der Waals surface area contributed by atoms with E-state index < -0.39 is 0 Å². The largest absolute Gasteiger partial charge is 0.0863 e. The number of allylic oxidation sites excluding steroid dienone is 6. The molecule has 4 rings (SSSR count). The van der Waals surface area contributed by atoms with Crippen molar-refractivity contribution in [3.63, 3.8) is 0 Å². The Kier molecular flexibility index (Phi) is 6.34. The SMILES string of the molecule is CC1=C(C)SC(=C([C]2[CH][CH][CH][CH]2)C([C]2[CH][CH][CH][CH]2)=C2SC(C)=C(C)S2)S1. The van der Waals surface area contributed by atoms with Gasteiger partial charge in [-0.25, -0.2) is 0 Å². The van der Waals surface area contributed by atoms with Gasteiger partial charge >= 0.3 is 0 Å². The van der Waals surface area contributed by atoms with Crippen LogP contribution in [0.25, 0.3) is 0 Å². The molecule has 0 amide bonds. The van der Waals surface area contributed by atoms with Crippen LogP contribution in [0.1, 0.15) is 27.7 Å². The Balaban J connectivity index is 1.80. The first-order chi connectivity index (χ1) is 12.5. The zero-order valence-corrected chi connectivity index (χ0v) is 18.5. The Morgan fingerprint density at radius 1 is 0.500 bits per heavy atom. The summed E-state index contributed by atoms with van der Waals surface area (Å²) in [6.07, 6.45) is 17.5. The van der Waals surface area contributed by atoms with Crippen molar-refractivity contribution in [3.05, 3.63) is 102 Å². The minimum atomic E-state index is 1.31. The van der Waals surface area contributed by atoms with E-state index in [1.54, 1.807) is 0 Å². The van der Waals surface area contributed by atoms with Crippen LogP contribution in [0, 0.1) is 63.2 Å². The molecule has 0 N–H and O–H groups in total. The molecule has 0 aromatic carbocycles. The zero-order valence-electron chi connectivity index (χ0n) is 15.3. The fourth-order valence-corrected chi connectivity index (χ4v) is 8.21. The van der Waals surface area contributed by atoms with Crippen LogP contribution < -0.4 is 0 Å². The molecule has 0 aromatic rings.